The van der Waals surface area contributed by atoms with Crippen molar-refractivity contribution in [2.45, 2.75) is 63.8 Å². The van der Waals surface area contributed by atoms with Gasteiger partial charge in [-0.15, -0.1) is 0 Å². The summed E-state index contributed by atoms with van der Waals surface area (Å²) in [5.74, 6) is 1.05. The van der Waals surface area contributed by atoms with Crippen LogP contribution in [0.3, 0.4) is 0 Å². The monoisotopic (exact) mass is 238 g/mol. The van der Waals surface area contributed by atoms with Crippen molar-refractivity contribution in [3.05, 3.63) is 0 Å². The van der Waals surface area contributed by atoms with Crippen LogP contribution in [0.5, 0.6) is 0 Å². The molecule has 98 valence electrons. The van der Waals surface area contributed by atoms with Gasteiger partial charge in [0.2, 0.25) is 5.91 Å². The molecular formula is C14H26N2O. The van der Waals surface area contributed by atoms with E-state index < -0.39 is 0 Å². The highest BCUT2D eigenvalue weighted by Gasteiger charge is 2.36. The number of hydrogen-bond donors (Lipinski definition) is 2. The second-order valence-corrected chi connectivity index (χ2v) is 6.05. The molecule has 2 atom stereocenters. The third-order valence-electron chi connectivity index (χ3n) is 4.79. The molecule has 2 aliphatic rings. The van der Waals surface area contributed by atoms with E-state index >= 15 is 0 Å². The van der Waals surface area contributed by atoms with E-state index in [1.54, 1.807) is 0 Å². The summed E-state index contributed by atoms with van der Waals surface area (Å²) in [6.07, 6.45) is 9.30. The molecule has 0 aromatic carbocycles. The van der Waals surface area contributed by atoms with Crippen LogP contribution in [0, 0.1) is 11.8 Å². The van der Waals surface area contributed by atoms with E-state index in [0.29, 0.717) is 12.5 Å². The second-order valence-electron chi connectivity index (χ2n) is 6.05. The average molecular weight is 238 g/mol. The van der Waals surface area contributed by atoms with E-state index in [1.807, 2.05) is 0 Å². The minimum Gasteiger partial charge on any atom is -0.349 e. The predicted octanol–water partition coefficient (Wildman–Crippen LogP) is 2.20. The first kappa shape index (κ1) is 12.9. The van der Waals surface area contributed by atoms with Gasteiger partial charge in [0.1, 0.15) is 0 Å². The molecule has 2 aliphatic carbocycles. The summed E-state index contributed by atoms with van der Waals surface area (Å²) in [5.41, 5.74) is 5.82. The van der Waals surface area contributed by atoms with E-state index in [1.165, 1.54) is 32.1 Å². The van der Waals surface area contributed by atoms with Crippen LogP contribution in [0.4, 0.5) is 0 Å². The number of nitrogens with one attached hydrogen (secondary N) is 1. The molecule has 0 aliphatic heterocycles. The topological polar surface area (TPSA) is 55.1 Å². The maximum atomic E-state index is 12.3. The number of carbonyl (C=O) groups excluding carboxylic acids is 1. The molecule has 2 unspecified atom stereocenters. The Morgan fingerprint density at radius 3 is 2.47 bits per heavy atom. The van der Waals surface area contributed by atoms with Crippen LogP contribution in [-0.2, 0) is 4.79 Å². The number of nitrogens with two attached hydrogens (primary N) is 1. The molecule has 0 bridgehead atoms. The van der Waals surface area contributed by atoms with Gasteiger partial charge >= 0.3 is 0 Å². The van der Waals surface area contributed by atoms with E-state index in [9.17, 15) is 4.79 Å². The van der Waals surface area contributed by atoms with Gasteiger partial charge in [-0.1, -0.05) is 32.6 Å². The molecule has 2 saturated carbocycles. The molecule has 0 saturated heterocycles. The van der Waals surface area contributed by atoms with E-state index in [0.717, 1.165) is 19.3 Å². The zero-order valence-corrected chi connectivity index (χ0v) is 11.0. The molecule has 2 fully saturated rings. The lowest BCUT2D eigenvalue weighted by Crippen LogP contribution is -2.56. The van der Waals surface area contributed by atoms with Gasteiger partial charge in [-0.25, -0.2) is 0 Å². The lowest BCUT2D eigenvalue weighted by Gasteiger charge is -2.38. The summed E-state index contributed by atoms with van der Waals surface area (Å²) < 4.78 is 0. The molecule has 0 radical (unpaired) electrons. The van der Waals surface area contributed by atoms with Crippen LogP contribution in [0.25, 0.3) is 0 Å². The average Bonchev–Trinajstić information content (AvgIpc) is 2.77. The summed E-state index contributed by atoms with van der Waals surface area (Å²) in [7, 11) is 0. The van der Waals surface area contributed by atoms with Crippen molar-refractivity contribution < 1.29 is 4.79 Å². The van der Waals surface area contributed by atoms with Crippen molar-refractivity contribution >= 4 is 5.91 Å². The van der Waals surface area contributed by atoms with Crippen molar-refractivity contribution in [2.24, 2.45) is 17.6 Å². The molecule has 0 aromatic rings. The van der Waals surface area contributed by atoms with Gasteiger partial charge in [0.05, 0.1) is 5.54 Å². The van der Waals surface area contributed by atoms with E-state index in [2.05, 4.69) is 12.2 Å². The van der Waals surface area contributed by atoms with Crippen molar-refractivity contribution in [3.8, 4) is 0 Å². The van der Waals surface area contributed by atoms with E-state index in [-0.39, 0.29) is 17.4 Å². The quantitative estimate of drug-likeness (QED) is 0.792. The smallest absolute Gasteiger partial charge is 0.223 e. The van der Waals surface area contributed by atoms with Gasteiger partial charge in [0.25, 0.3) is 0 Å². The summed E-state index contributed by atoms with van der Waals surface area (Å²) in [5, 5.41) is 3.29. The maximum absolute atomic E-state index is 12.3. The molecule has 0 aromatic heterocycles. The fourth-order valence-corrected chi connectivity index (χ4v) is 3.50. The van der Waals surface area contributed by atoms with Crippen LogP contribution in [0.1, 0.15) is 58.3 Å². The van der Waals surface area contributed by atoms with Crippen molar-refractivity contribution in [2.75, 3.05) is 6.54 Å². The SMILES string of the molecule is CC1CCCC1C(=O)NC1(CN)CCCCC1. The van der Waals surface area contributed by atoms with Gasteiger partial charge in [0, 0.05) is 12.5 Å². The van der Waals surface area contributed by atoms with Crippen LogP contribution < -0.4 is 11.1 Å². The van der Waals surface area contributed by atoms with Gasteiger partial charge in [-0.05, 0) is 31.6 Å². The first-order chi connectivity index (χ1) is 8.17. The highest BCUT2D eigenvalue weighted by Crippen LogP contribution is 2.33. The third-order valence-corrected chi connectivity index (χ3v) is 4.79. The summed E-state index contributed by atoms with van der Waals surface area (Å²) in [6.45, 7) is 2.80. The van der Waals surface area contributed by atoms with Gasteiger partial charge in [-0.2, -0.15) is 0 Å². The fourth-order valence-electron chi connectivity index (χ4n) is 3.50. The minimum atomic E-state index is -0.0857. The molecule has 17 heavy (non-hydrogen) atoms. The molecule has 3 nitrogen and oxygen atoms in total. The van der Waals surface area contributed by atoms with Crippen molar-refractivity contribution in [3.63, 3.8) is 0 Å². The maximum Gasteiger partial charge on any atom is 0.223 e. The highest BCUT2D eigenvalue weighted by atomic mass is 16.2. The zero-order chi connectivity index (χ0) is 12.3. The number of carbonyl (C=O) groups is 1. The van der Waals surface area contributed by atoms with Crippen molar-refractivity contribution in [1.29, 1.82) is 0 Å². The summed E-state index contributed by atoms with van der Waals surface area (Å²) in [6, 6.07) is 0. The molecule has 0 spiro atoms. The van der Waals surface area contributed by atoms with Crippen LogP contribution >= 0.6 is 0 Å². The molecule has 2 rings (SSSR count). The Bertz CT molecular complexity index is 271. The lowest BCUT2D eigenvalue weighted by atomic mass is 9.81. The number of rotatable bonds is 3. The lowest BCUT2D eigenvalue weighted by molar-refractivity contribution is -0.128. The first-order valence-corrected chi connectivity index (χ1v) is 7.19. The van der Waals surface area contributed by atoms with Crippen LogP contribution in [0.15, 0.2) is 0 Å². The van der Waals surface area contributed by atoms with Crippen LogP contribution in [0.2, 0.25) is 0 Å². The molecule has 3 heteroatoms. The Labute approximate surface area is 105 Å². The molecule has 0 heterocycles. The summed E-state index contributed by atoms with van der Waals surface area (Å²) >= 11 is 0. The van der Waals surface area contributed by atoms with Gasteiger partial charge < -0.3 is 11.1 Å². The Kier molecular flexibility index (Phi) is 4.08. The normalized spacial score (nSPS) is 32.4. The van der Waals surface area contributed by atoms with Gasteiger partial charge in [0.15, 0.2) is 0 Å². The fraction of sp³-hybridized carbons (Fsp3) is 0.929. The van der Waals surface area contributed by atoms with E-state index in [4.69, 9.17) is 5.73 Å². The van der Waals surface area contributed by atoms with Crippen LogP contribution in [-0.4, -0.2) is 18.0 Å². The van der Waals surface area contributed by atoms with Crippen molar-refractivity contribution in [1.82, 2.24) is 5.32 Å². The standard InChI is InChI=1S/C14H26N2O/c1-11-6-5-7-12(11)13(17)16-14(10-15)8-3-2-4-9-14/h11-12H,2-10,15H2,1H3,(H,16,17). The predicted molar refractivity (Wildman–Crippen MR) is 69.5 cm³/mol. The Balaban J connectivity index is 1.95. The molecule has 3 N–H and O–H groups in total. The molecular weight excluding hydrogens is 212 g/mol. The number of amides is 1. The largest absolute Gasteiger partial charge is 0.349 e. The second kappa shape index (κ2) is 5.38. The molecule has 1 amide bonds. The third kappa shape index (κ3) is 2.82. The Morgan fingerprint density at radius 2 is 1.94 bits per heavy atom. The minimum absolute atomic E-state index is 0.0857. The first-order valence-electron chi connectivity index (χ1n) is 7.19. The summed E-state index contributed by atoms with van der Waals surface area (Å²) in [4.78, 5) is 12.3. The number of hydrogen-bond acceptors (Lipinski definition) is 2. The Morgan fingerprint density at radius 1 is 1.24 bits per heavy atom. The highest BCUT2D eigenvalue weighted by molar-refractivity contribution is 5.80. The zero-order valence-electron chi connectivity index (χ0n) is 11.0. The Hall–Kier alpha value is -0.570. The van der Waals surface area contributed by atoms with Gasteiger partial charge in [-0.3, -0.25) is 4.79 Å².